The Morgan fingerprint density at radius 2 is 2.17 bits per heavy atom. The summed E-state index contributed by atoms with van der Waals surface area (Å²) < 4.78 is 0. The number of aryl methyl sites for hydroxylation is 1. The summed E-state index contributed by atoms with van der Waals surface area (Å²) in [6, 6.07) is 6.28. The molecule has 0 bridgehead atoms. The van der Waals surface area contributed by atoms with Crippen LogP contribution in [0.3, 0.4) is 0 Å². The predicted molar refractivity (Wildman–Crippen MR) is 96.3 cm³/mol. The number of anilines is 1. The van der Waals surface area contributed by atoms with Gasteiger partial charge in [0.25, 0.3) is 0 Å². The minimum Gasteiger partial charge on any atom is -0.385 e. The Balaban J connectivity index is 1.70. The molecule has 1 aliphatic heterocycles. The van der Waals surface area contributed by atoms with Crippen LogP contribution < -0.4 is 10.6 Å². The summed E-state index contributed by atoms with van der Waals surface area (Å²) in [6.07, 6.45) is 7.66. The highest BCUT2D eigenvalue weighted by molar-refractivity contribution is 5.89. The van der Waals surface area contributed by atoms with Crippen LogP contribution in [0.25, 0.3) is 10.9 Å². The highest BCUT2D eigenvalue weighted by atomic mass is 16.3. The summed E-state index contributed by atoms with van der Waals surface area (Å²) in [5.74, 6) is 2.14. The van der Waals surface area contributed by atoms with E-state index in [2.05, 4.69) is 47.9 Å². The molecule has 4 rings (SSSR count). The van der Waals surface area contributed by atoms with Crippen molar-refractivity contribution in [2.24, 2.45) is 0 Å². The van der Waals surface area contributed by atoms with Gasteiger partial charge >= 0.3 is 0 Å². The number of aromatic nitrogens is 2. The first-order valence-corrected chi connectivity index (χ1v) is 8.73. The lowest BCUT2D eigenvalue weighted by Crippen LogP contribution is -2.63. The normalized spacial score (nSPS) is 22.3. The van der Waals surface area contributed by atoms with Gasteiger partial charge in [-0.15, -0.1) is 0 Å². The third kappa shape index (κ3) is 3.01. The molecule has 1 unspecified atom stereocenters. The van der Waals surface area contributed by atoms with Gasteiger partial charge in [0.05, 0.1) is 5.52 Å². The van der Waals surface area contributed by atoms with E-state index in [1.165, 1.54) is 5.56 Å². The fourth-order valence-electron chi connectivity index (χ4n) is 3.39. The standard InChI is InChI=1S/C19H24N4O/c1-13-7-8-16-15(9-13)18(21-12-19(24)10-20-11-19)23-17(22-16)14-5-3-2-4-6-14/h2-3,7-9,14,20,24H,4-6,10-12H2,1H3,(H,21,22,23). The molecule has 3 N–H and O–H groups in total. The maximum atomic E-state index is 10.3. The molecule has 1 atom stereocenters. The van der Waals surface area contributed by atoms with E-state index in [9.17, 15) is 5.11 Å². The van der Waals surface area contributed by atoms with E-state index in [1.807, 2.05) is 0 Å². The Morgan fingerprint density at radius 1 is 1.29 bits per heavy atom. The van der Waals surface area contributed by atoms with E-state index in [0.29, 0.717) is 25.6 Å². The number of allylic oxidation sites excluding steroid dienone is 2. The second-order valence-corrected chi connectivity index (χ2v) is 7.11. The molecule has 126 valence electrons. The summed E-state index contributed by atoms with van der Waals surface area (Å²) in [5, 5.41) is 17.9. The van der Waals surface area contributed by atoms with E-state index >= 15 is 0 Å². The van der Waals surface area contributed by atoms with Gasteiger partial charge in [-0.1, -0.05) is 23.8 Å². The Bertz CT molecular complexity index is 782. The Labute approximate surface area is 142 Å². The van der Waals surface area contributed by atoms with E-state index < -0.39 is 5.60 Å². The molecule has 1 aromatic carbocycles. The summed E-state index contributed by atoms with van der Waals surface area (Å²) in [6.45, 7) is 3.83. The quantitative estimate of drug-likeness (QED) is 0.754. The van der Waals surface area contributed by atoms with Crippen LogP contribution in [0.5, 0.6) is 0 Å². The molecule has 1 saturated heterocycles. The number of benzene rings is 1. The zero-order valence-electron chi connectivity index (χ0n) is 14.0. The molecule has 0 saturated carbocycles. The average molecular weight is 324 g/mol. The SMILES string of the molecule is Cc1ccc2nc(C3CC=CCC3)nc(NCC3(O)CNC3)c2c1. The smallest absolute Gasteiger partial charge is 0.137 e. The number of nitrogens with zero attached hydrogens (tertiary/aromatic N) is 2. The van der Waals surface area contributed by atoms with Crippen LogP contribution in [0.4, 0.5) is 5.82 Å². The van der Waals surface area contributed by atoms with Crippen LogP contribution in [-0.2, 0) is 0 Å². The van der Waals surface area contributed by atoms with Gasteiger partial charge in [0.1, 0.15) is 17.2 Å². The molecule has 5 heteroatoms. The van der Waals surface area contributed by atoms with E-state index in [1.54, 1.807) is 0 Å². The Hall–Kier alpha value is -1.98. The minimum atomic E-state index is -0.672. The number of hydrogen-bond acceptors (Lipinski definition) is 5. The highest BCUT2D eigenvalue weighted by Crippen LogP contribution is 2.30. The van der Waals surface area contributed by atoms with Crippen molar-refractivity contribution in [3.8, 4) is 0 Å². The van der Waals surface area contributed by atoms with Crippen LogP contribution in [0.2, 0.25) is 0 Å². The van der Waals surface area contributed by atoms with Crippen molar-refractivity contribution in [3.63, 3.8) is 0 Å². The molecule has 2 aromatic rings. The number of rotatable bonds is 4. The number of hydrogen-bond donors (Lipinski definition) is 3. The molecule has 1 aromatic heterocycles. The van der Waals surface area contributed by atoms with Crippen molar-refractivity contribution < 1.29 is 5.11 Å². The first-order chi connectivity index (χ1) is 11.6. The summed E-state index contributed by atoms with van der Waals surface area (Å²) >= 11 is 0. The van der Waals surface area contributed by atoms with Gasteiger partial charge in [0, 0.05) is 30.9 Å². The van der Waals surface area contributed by atoms with Crippen LogP contribution in [0.15, 0.2) is 30.4 Å². The Morgan fingerprint density at radius 3 is 2.88 bits per heavy atom. The largest absolute Gasteiger partial charge is 0.385 e. The molecular weight excluding hydrogens is 300 g/mol. The second-order valence-electron chi connectivity index (χ2n) is 7.11. The van der Waals surface area contributed by atoms with Crippen molar-refractivity contribution >= 4 is 16.7 Å². The lowest BCUT2D eigenvalue weighted by molar-refractivity contribution is 0.00308. The second kappa shape index (κ2) is 6.15. The third-order valence-electron chi connectivity index (χ3n) is 5.00. The van der Waals surface area contributed by atoms with Gasteiger partial charge in [-0.3, -0.25) is 0 Å². The third-order valence-corrected chi connectivity index (χ3v) is 5.00. The van der Waals surface area contributed by atoms with Crippen molar-refractivity contribution in [2.75, 3.05) is 25.0 Å². The van der Waals surface area contributed by atoms with E-state index in [0.717, 1.165) is 41.8 Å². The fourth-order valence-corrected chi connectivity index (χ4v) is 3.39. The number of fused-ring (bicyclic) bond motifs is 1. The van der Waals surface area contributed by atoms with Gasteiger partial charge < -0.3 is 15.7 Å². The van der Waals surface area contributed by atoms with Crippen LogP contribution in [-0.4, -0.2) is 40.3 Å². The Kier molecular flexibility index (Phi) is 3.98. The average Bonchev–Trinajstić information content (AvgIpc) is 2.58. The molecule has 2 heterocycles. The van der Waals surface area contributed by atoms with Crippen LogP contribution in [0, 0.1) is 6.92 Å². The lowest BCUT2D eigenvalue weighted by atomic mass is 9.93. The first kappa shape index (κ1) is 15.5. The van der Waals surface area contributed by atoms with Crippen molar-refractivity contribution in [2.45, 2.75) is 37.7 Å². The molecule has 2 aliphatic rings. The molecular formula is C19H24N4O. The van der Waals surface area contributed by atoms with Gasteiger partial charge in [0.15, 0.2) is 0 Å². The molecule has 0 amide bonds. The molecule has 1 aliphatic carbocycles. The monoisotopic (exact) mass is 324 g/mol. The number of aliphatic hydroxyl groups is 1. The lowest BCUT2D eigenvalue weighted by Gasteiger charge is -2.37. The molecule has 0 spiro atoms. The van der Waals surface area contributed by atoms with Crippen LogP contribution in [0.1, 0.15) is 36.6 Å². The molecule has 0 radical (unpaired) electrons. The number of β-amino-alcohol motifs (C(OH)–C–C–N with tert-alkyl or cyclic N) is 1. The zero-order chi connectivity index (χ0) is 16.6. The van der Waals surface area contributed by atoms with Gasteiger partial charge in [0.2, 0.25) is 0 Å². The van der Waals surface area contributed by atoms with E-state index in [4.69, 9.17) is 9.97 Å². The summed E-state index contributed by atoms with van der Waals surface area (Å²) in [5.41, 5.74) is 1.49. The van der Waals surface area contributed by atoms with Crippen molar-refractivity contribution in [1.29, 1.82) is 0 Å². The molecule has 1 fully saturated rings. The fraction of sp³-hybridized carbons (Fsp3) is 0.474. The van der Waals surface area contributed by atoms with Crippen molar-refractivity contribution in [3.05, 3.63) is 41.7 Å². The predicted octanol–water partition coefficient (Wildman–Crippen LogP) is 2.51. The van der Waals surface area contributed by atoms with E-state index in [-0.39, 0.29) is 0 Å². The highest BCUT2D eigenvalue weighted by Gasteiger charge is 2.34. The molecule has 5 nitrogen and oxygen atoms in total. The van der Waals surface area contributed by atoms with Crippen LogP contribution >= 0.6 is 0 Å². The van der Waals surface area contributed by atoms with Gasteiger partial charge in [-0.2, -0.15) is 0 Å². The number of nitrogens with one attached hydrogen (secondary N) is 2. The van der Waals surface area contributed by atoms with Crippen molar-refractivity contribution in [1.82, 2.24) is 15.3 Å². The summed E-state index contributed by atoms with van der Waals surface area (Å²) in [7, 11) is 0. The van der Waals surface area contributed by atoms with Gasteiger partial charge in [-0.25, -0.2) is 9.97 Å². The van der Waals surface area contributed by atoms with Gasteiger partial charge in [-0.05, 0) is 38.3 Å². The zero-order valence-corrected chi connectivity index (χ0v) is 14.0. The summed E-state index contributed by atoms with van der Waals surface area (Å²) in [4.78, 5) is 9.66. The minimum absolute atomic E-state index is 0.384. The topological polar surface area (TPSA) is 70.1 Å². The maximum Gasteiger partial charge on any atom is 0.137 e. The molecule has 24 heavy (non-hydrogen) atoms. The maximum absolute atomic E-state index is 10.3. The first-order valence-electron chi connectivity index (χ1n) is 8.73.